The van der Waals surface area contributed by atoms with E-state index in [9.17, 15) is 13.2 Å². The molecule has 7 heteroatoms. The number of aromatic carboxylic acids is 1. The molecule has 1 heterocycles. The fourth-order valence-electron chi connectivity index (χ4n) is 3.32. The van der Waals surface area contributed by atoms with Crippen molar-refractivity contribution in [2.24, 2.45) is 5.92 Å². The zero-order chi connectivity index (χ0) is 16.7. The summed E-state index contributed by atoms with van der Waals surface area (Å²) in [5.74, 6) is -0.891. The minimum Gasteiger partial charge on any atom is -0.478 e. The maximum atomic E-state index is 12.9. The Bertz CT molecular complexity index is 713. The van der Waals surface area contributed by atoms with Gasteiger partial charge >= 0.3 is 5.97 Å². The molecule has 0 spiro atoms. The second-order valence-electron chi connectivity index (χ2n) is 6.52. The van der Waals surface area contributed by atoms with Crippen LogP contribution in [0.4, 0.5) is 0 Å². The number of carboxylic acids is 1. The van der Waals surface area contributed by atoms with E-state index in [4.69, 9.17) is 9.84 Å². The van der Waals surface area contributed by atoms with Gasteiger partial charge in [0.05, 0.1) is 30.1 Å². The summed E-state index contributed by atoms with van der Waals surface area (Å²) in [5.41, 5.74) is 0.112. The highest BCUT2D eigenvalue weighted by Gasteiger charge is 2.51. The van der Waals surface area contributed by atoms with E-state index in [2.05, 4.69) is 0 Å². The van der Waals surface area contributed by atoms with Crippen molar-refractivity contribution < 1.29 is 23.1 Å². The van der Waals surface area contributed by atoms with E-state index in [1.54, 1.807) is 16.4 Å². The van der Waals surface area contributed by atoms with Crippen LogP contribution in [-0.4, -0.2) is 49.1 Å². The number of carbonyl (C=O) groups is 1. The number of benzene rings is 1. The number of sulfonamides is 1. The van der Waals surface area contributed by atoms with Crippen molar-refractivity contribution in [3.63, 3.8) is 0 Å². The molecule has 1 atom stereocenters. The van der Waals surface area contributed by atoms with Gasteiger partial charge in [0.1, 0.15) is 0 Å². The van der Waals surface area contributed by atoms with E-state index in [1.807, 2.05) is 6.92 Å². The molecule has 1 N–H and O–H groups in total. The molecule has 0 amide bonds. The lowest BCUT2D eigenvalue weighted by molar-refractivity contribution is -0.0279. The predicted octanol–water partition coefficient (Wildman–Crippen LogP) is 1.72. The first-order valence-corrected chi connectivity index (χ1v) is 9.34. The lowest BCUT2D eigenvalue weighted by Gasteiger charge is -2.43. The van der Waals surface area contributed by atoms with Crippen LogP contribution in [-0.2, 0) is 20.5 Å². The summed E-state index contributed by atoms with van der Waals surface area (Å²) in [6.45, 7) is 3.13. The molecule has 1 saturated heterocycles. The first-order chi connectivity index (χ1) is 10.8. The largest absolute Gasteiger partial charge is 0.478 e. The molecule has 1 aliphatic heterocycles. The Morgan fingerprint density at radius 1 is 1.43 bits per heavy atom. The van der Waals surface area contributed by atoms with Crippen molar-refractivity contribution in [1.82, 2.24) is 4.31 Å². The van der Waals surface area contributed by atoms with Gasteiger partial charge in [-0.05, 0) is 43.4 Å². The van der Waals surface area contributed by atoms with Gasteiger partial charge in [0.2, 0.25) is 10.0 Å². The lowest BCUT2D eigenvalue weighted by atomic mass is 9.96. The second-order valence-corrected chi connectivity index (χ2v) is 8.41. The Labute approximate surface area is 136 Å². The van der Waals surface area contributed by atoms with Crippen LogP contribution in [0.5, 0.6) is 0 Å². The second kappa shape index (κ2) is 5.89. The molecular weight excluding hydrogens is 318 g/mol. The first kappa shape index (κ1) is 16.4. The van der Waals surface area contributed by atoms with Crippen LogP contribution in [0.2, 0.25) is 0 Å². The molecule has 0 bridgehead atoms. The molecule has 6 nitrogen and oxygen atoms in total. The first-order valence-electron chi connectivity index (χ1n) is 7.73. The fraction of sp³-hybridized carbons (Fsp3) is 0.562. The normalized spacial score (nSPS) is 26.1. The zero-order valence-electron chi connectivity index (χ0n) is 13.1. The van der Waals surface area contributed by atoms with Crippen molar-refractivity contribution in [2.45, 2.75) is 31.1 Å². The van der Waals surface area contributed by atoms with E-state index >= 15 is 0 Å². The van der Waals surface area contributed by atoms with Crippen molar-refractivity contribution in [3.05, 3.63) is 35.4 Å². The SMILES string of the molecule is CC1(C2CC2)COCCN1S(=O)(=O)Cc1cccc(C(=O)O)c1. The minimum absolute atomic E-state index is 0.102. The van der Waals surface area contributed by atoms with Crippen molar-refractivity contribution in [1.29, 1.82) is 0 Å². The monoisotopic (exact) mass is 339 g/mol. The highest BCUT2D eigenvalue weighted by molar-refractivity contribution is 7.88. The smallest absolute Gasteiger partial charge is 0.335 e. The third kappa shape index (κ3) is 3.27. The molecule has 2 fully saturated rings. The number of morpholine rings is 1. The zero-order valence-corrected chi connectivity index (χ0v) is 13.9. The number of ether oxygens (including phenoxy) is 1. The van der Waals surface area contributed by atoms with Crippen molar-refractivity contribution >= 4 is 16.0 Å². The van der Waals surface area contributed by atoms with Crippen LogP contribution < -0.4 is 0 Å². The summed E-state index contributed by atoms with van der Waals surface area (Å²) < 4.78 is 32.9. The summed E-state index contributed by atoms with van der Waals surface area (Å²) in [5, 5.41) is 9.04. The number of carboxylic acid groups (broad SMARTS) is 1. The van der Waals surface area contributed by atoms with E-state index in [1.165, 1.54) is 12.1 Å². The van der Waals surface area contributed by atoms with Gasteiger partial charge in [-0.2, -0.15) is 4.31 Å². The molecule has 0 aromatic heterocycles. The number of rotatable bonds is 5. The van der Waals surface area contributed by atoms with Gasteiger partial charge < -0.3 is 9.84 Å². The van der Waals surface area contributed by atoms with Crippen LogP contribution in [0, 0.1) is 5.92 Å². The molecule has 1 aromatic rings. The Morgan fingerprint density at radius 3 is 2.83 bits per heavy atom. The lowest BCUT2D eigenvalue weighted by Crippen LogP contribution is -2.58. The van der Waals surface area contributed by atoms with Gasteiger partial charge in [-0.15, -0.1) is 0 Å². The molecule has 1 unspecified atom stereocenters. The van der Waals surface area contributed by atoms with Gasteiger partial charge in [-0.25, -0.2) is 13.2 Å². The molecule has 2 aliphatic rings. The maximum absolute atomic E-state index is 12.9. The van der Waals surface area contributed by atoms with Gasteiger partial charge in [0.25, 0.3) is 0 Å². The molecular formula is C16H21NO5S. The summed E-state index contributed by atoms with van der Waals surface area (Å²) in [4.78, 5) is 11.0. The van der Waals surface area contributed by atoms with Crippen LogP contribution in [0.1, 0.15) is 35.7 Å². The molecule has 126 valence electrons. The van der Waals surface area contributed by atoms with Gasteiger partial charge in [0, 0.05) is 6.54 Å². The van der Waals surface area contributed by atoms with E-state index in [-0.39, 0.29) is 11.3 Å². The van der Waals surface area contributed by atoms with Gasteiger partial charge in [-0.1, -0.05) is 12.1 Å². The van der Waals surface area contributed by atoms with Crippen LogP contribution in [0.15, 0.2) is 24.3 Å². The average molecular weight is 339 g/mol. The quantitative estimate of drug-likeness (QED) is 0.883. The topological polar surface area (TPSA) is 83.9 Å². The van der Waals surface area contributed by atoms with Gasteiger partial charge in [-0.3, -0.25) is 0 Å². The Balaban J connectivity index is 1.85. The summed E-state index contributed by atoms with van der Waals surface area (Å²) in [7, 11) is -3.53. The fourth-order valence-corrected chi connectivity index (χ4v) is 5.27. The molecule has 3 rings (SSSR count). The molecule has 0 radical (unpaired) electrons. The van der Waals surface area contributed by atoms with Crippen molar-refractivity contribution in [3.8, 4) is 0 Å². The third-order valence-electron chi connectivity index (χ3n) is 4.72. The van der Waals surface area contributed by atoms with E-state index < -0.39 is 21.5 Å². The van der Waals surface area contributed by atoms with Crippen LogP contribution in [0.25, 0.3) is 0 Å². The van der Waals surface area contributed by atoms with Crippen molar-refractivity contribution in [2.75, 3.05) is 19.8 Å². The van der Waals surface area contributed by atoms with E-state index in [0.29, 0.717) is 31.2 Å². The molecule has 1 aromatic carbocycles. The minimum atomic E-state index is -3.53. The number of hydrogen-bond donors (Lipinski definition) is 1. The maximum Gasteiger partial charge on any atom is 0.335 e. The van der Waals surface area contributed by atoms with Crippen LogP contribution >= 0.6 is 0 Å². The highest BCUT2D eigenvalue weighted by Crippen LogP contribution is 2.45. The standard InChI is InChI=1S/C16H21NO5S/c1-16(14-5-6-14)11-22-8-7-17(16)23(20,21)10-12-3-2-4-13(9-12)15(18)19/h2-4,9,14H,5-8,10-11H2,1H3,(H,18,19). The highest BCUT2D eigenvalue weighted by atomic mass is 32.2. The number of nitrogens with zero attached hydrogens (tertiary/aromatic N) is 1. The van der Waals surface area contributed by atoms with Crippen LogP contribution in [0.3, 0.4) is 0 Å². The predicted molar refractivity (Wildman–Crippen MR) is 84.7 cm³/mol. The van der Waals surface area contributed by atoms with E-state index in [0.717, 1.165) is 12.8 Å². The summed E-state index contributed by atoms with van der Waals surface area (Å²) in [6, 6.07) is 6.11. The molecule has 1 aliphatic carbocycles. The third-order valence-corrected chi connectivity index (χ3v) is 6.69. The Morgan fingerprint density at radius 2 is 2.17 bits per heavy atom. The molecule has 23 heavy (non-hydrogen) atoms. The van der Waals surface area contributed by atoms with Gasteiger partial charge in [0.15, 0.2) is 0 Å². The number of hydrogen-bond acceptors (Lipinski definition) is 4. The summed E-state index contributed by atoms with van der Waals surface area (Å²) >= 11 is 0. The Hall–Kier alpha value is -1.44. The molecule has 1 saturated carbocycles. The average Bonchev–Trinajstić information content (AvgIpc) is 3.32. The summed E-state index contributed by atoms with van der Waals surface area (Å²) in [6.07, 6.45) is 2.06. The Kier molecular flexibility index (Phi) is 4.20.